The molecule has 0 aliphatic heterocycles. The number of amidine groups is 1. The van der Waals surface area contributed by atoms with Crippen LogP contribution in [0.3, 0.4) is 0 Å². The smallest absolute Gasteiger partial charge is 0.319 e. The average Bonchev–Trinajstić information content (AvgIpc) is 2.17. The van der Waals surface area contributed by atoms with Crippen molar-refractivity contribution in [3.05, 3.63) is 29.8 Å². The molecule has 0 saturated carbocycles. The van der Waals surface area contributed by atoms with Crippen molar-refractivity contribution >= 4 is 17.6 Å². The number of carbonyl (C=O) groups is 1. The van der Waals surface area contributed by atoms with E-state index in [0.29, 0.717) is 12.1 Å². The summed E-state index contributed by atoms with van der Waals surface area (Å²) in [4.78, 5) is 11.6. The molecule has 0 radical (unpaired) electrons. The SMILES string of the molecule is CC(C)(C)NC(=O)Nc1ccc(CC(=N)N)cc1. The van der Waals surface area contributed by atoms with E-state index in [1.165, 1.54) is 0 Å². The summed E-state index contributed by atoms with van der Waals surface area (Å²) < 4.78 is 0. The zero-order valence-corrected chi connectivity index (χ0v) is 11.0. The van der Waals surface area contributed by atoms with Gasteiger partial charge in [0.15, 0.2) is 0 Å². The average molecular weight is 248 g/mol. The van der Waals surface area contributed by atoms with Gasteiger partial charge in [0.2, 0.25) is 0 Å². The highest BCUT2D eigenvalue weighted by Crippen LogP contribution is 2.10. The van der Waals surface area contributed by atoms with Gasteiger partial charge in [0.05, 0.1) is 5.84 Å². The normalized spacial score (nSPS) is 10.8. The number of rotatable bonds is 3. The van der Waals surface area contributed by atoms with Crippen molar-refractivity contribution in [2.24, 2.45) is 5.73 Å². The Morgan fingerprint density at radius 2 is 1.83 bits per heavy atom. The van der Waals surface area contributed by atoms with Gasteiger partial charge in [-0.05, 0) is 38.5 Å². The molecule has 0 atom stereocenters. The second kappa shape index (κ2) is 5.53. The van der Waals surface area contributed by atoms with E-state index in [-0.39, 0.29) is 17.4 Å². The van der Waals surface area contributed by atoms with E-state index in [9.17, 15) is 4.79 Å². The van der Waals surface area contributed by atoms with E-state index in [2.05, 4.69) is 10.6 Å². The molecule has 0 aromatic heterocycles. The van der Waals surface area contributed by atoms with Gasteiger partial charge in [-0.2, -0.15) is 0 Å². The van der Waals surface area contributed by atoms with Crippen LogP contribution in [0.15, 0.2) is 24.3 Å². The zero-order chi connectivity index (χ0) is 13.8. The minimum atomic E-state index is -0.265. The molecule has 0 saturated heterocycles. The molecular formula is C13H20N4O. The van der Waals surface area contributed by atoms with Crippen LogP contribution in [0, 0.1) is 5.41 Å². The van der Waals surface area contributed by atoms with Crippen LogP contribution in [0.1, 0.15) is 26.3 Å². The van der Waals surface area contributed by atoms with Gasteiger partial charge < -0.3 is 16.4 Å². The number of nitrogens with one attached hydrogen (secondary N) is 3. The highest BCUT2D eigenvalue weighted by atomic mass is 16.2. The summed E-state index contributed by atoms with van der Waals surface area (Å²) in [6.45, 7) is 5.76. The van der Waals surface area contributed by atoms with Crippen molar-refractivity contribution in [1.82, 2.24) is 5.32 Å². The number of amides is 2. The van der Waals surface area contributed by atoms with Gasteiger partial charge in [-0.15, -0.1) is 0 Å². The molecule has 0 spiro atoms. The highest BCUT2D eigenvalue weighted by Gasteiger charge is 2.13. The maximum Gasteiger partial charge on any atom is 0.319 e. The Hall–Kier alpha value is -2.04. The van der Waals surface area contributed by atoms with Gasteiger partial charge in [0, 0.05) is 17.6 Å². The van der Waals surface area contributed by atoms with Gasteiger partial charge in [0.25, 0.3) is 0 Å². The Kier molecular flexibility index (Phi) is 4.31. The summed E-state index contributed by atoms with van der Waals surface area (Å²) in [6, 6.07) is 7.03. The number of benzene rings is 1. The maximum atomic E-state index is 11.6. The number of hydrogen-bond donors (Lipinski definition) is 4. The number of anilines is 1. The number of urea groups is 1. The largest absolute Gasteiger partial charge is 0.387 e. The van der Waals surface area contributed by atoms with Crippen molar-refractivity contribution < 1.29 is 4.79 Å². The molecule has 0 heterocycles. The van der Waals surface area contributed by atoms with Crippen LogP contribution in [0.4, 0.5) is 10.5 Å². The lowest BCUT2D eigenvalue weighted by molar-refractivity contribution is 0.244. The lowest BCUT2D eigenvalue weighted by Crippen LogP contribution is -2.43. The fourth-order valence-electron chi connectivity index (χ4n) is 1.43. The Balaban J connectivity index is 2.58. The molecule has 1 rings (SSSR count). The molecule has 5 nitrogen and oxygen atoms in total. The second-order valence-corrected chi connectivity index (χ2v) is 5.23. The molecule has 1 aromatic carbocycles. The van der Waals surface area contributed by atoms with Crippen molar-refractivity contribution in [2.75, 3.05) is 5.32 Å². The van der Waals surface area contributed by atoms with Crippen LogP contribution in [0.25, 0.3) is 0 Å². The minimum absolute atomic E-state index is 0.126. The predicted molar refractivity (Wildman–Crippen MR) is 74.0 cm³/mol. The van der Waals surface area contributed by atoms with Crippen molar-refractivity contribution in [2.45, 2.75) is 32.7 Å². The summed E-state index contributed by atoms with van der Waals surface area (Å²) in [7, 11) is 0. The van der Waals surface area contributed by atoms with Crippen LogP contribution in [0.5, 0.6) is 0 Å². The third kappa shape index (κ3) is 5.34. The van der Waals surface area contributed by atoms with E-state index >= 15 is 0 Å². The molecule has 1 aromatic rings. The summed E-state index contributed by atoms with van der Waals surface area (Å²) >= 11 is 0. The van der Waals surface area contributed by atoms with Crippen molar-refractivity contribution in [3.63, 3.8) is 0 Å². The highest BCUT2D eigenvalue weighted by molar-refractivity contribution is 5.89. The van der Waals surface area contributed by atoms with Gasteiger partial charge >= 0.3 is 6.03 Å². The first-order valence-electron chi connectivity index (χ1n) is 5.77. The molecule has 98 valence electrons. The zero-order valence-electron chi connectivity index (χ0n) is 11.0. The quantitative estimate of drug-likeness (QED) is 0.487. The third-order valence-corrected chi connectivity index (χ3v) is 2.09. The third-order valence-electron chi connectivity index (χ3n) is 2.09. The van der Waals surface area contributed by atoms with Gasteiger partial charge in [-0.1, -0.05) is 12.1 Å². The fraction of sp³-hybridized carbons (Fsp3) is 0.385. The Bertz CT molecular complexity index is 431. The monoisotopic (exact) mass is 248 g/mol. The minimum Gasteiger partial charge on any atom is -0.387 e. The van der Waals surface area contributed by atoms with E-state index in [4.69, 9.17) is 11.1 Å². The Morgan fingerprint density at radius 1 is 1.28 bits per heavy atom. The molecule has 5 N–H and O–H groups in total. The summed E-state index contributed by atoms with van der Waals surface area (Å²) in [6.07, 6.45) is 0.425. The maximum absolute atomic E-state index is 11.6. The fourth-order valence-corrected chi connectivity index (χ4v) is 1.43. The van der Waals surface area contributed by atoms with Gasteiger partial charge in [-0.25, -0.2) is 4.79 Å². The topological polar surface area (TPSA) is 91.0 Å². The van der Waals surface area contributed by atoms with E-state index in [1.54, 1.807) is 12.1 Å². The second-order valence-electron chi connectivity index (χ2n) is 5.23. The molecule has 0 unspecified atom stereocenters. The first-order chi connectivity index (χ1) is 8.26. The predicted octanol–water partition coefficient (Wildman–Crippen LogP) is 2.09. The molecule has 0 aliphatic rings. The van der Waals surface area contributed by atoms with Crippen molar-refractivity contribution in [1.29, 1.82) is 5.41 Å². The lowest BCUT2D eigenvalue weighted by Gasteiger charge is -2.20. The molecule has 5 heteroatoms. The molecular weight excluding hydrogens is 228 g/mol. The summed E-state index contributed by atoms with van der Waals surface area (Å²) in [5, 5.41) is 12.7. The van der Waals surface area contributed by atoms with Gasteiger partial charge in [-0.3, -0.25) is 5.41 Å². The van der Waals surface area contributed by atoms with Crippen LogP contribution < -0.4 is 16.4 Å². The van der Waals surface area contributed by atoms with E-state index < -0.39 is 0 Å². The molecule has 0 bridgehead atoms. The Morgan fingerprint density at radius 3 is 2.28 bits per heavy atom. The lowest BCUT2D eigenvalue weighted by atomic mass is 10.1. The standard InChI is InChI=1S/C13H20N4O/c1-13(2,3)17-12(18)16-10-6-4-9(5-7-10)8-11(14)15/h4-7H,8H2,1-3H3,(H3,14,15)(H2,16,17,18). The van der Waals surface area contributed by atoms with Crippen LogP contribution in [-0.4, -0.2) is 17.4 Å². The van der Waals surface area contributed by atoms with E-state index in [0.717, 1.165) is 5.56 Å². The van der Waals surface area contributed by atoms with Crippen LogP contribution in [0.2, 0.25) is 0 Å². The van der Waals surface area contributed by atoms with E-state index in [1.807, 2.05) is 32.9 Å². The number of hydrogen-bond acceptors (Lipinski definition) is 2. The van der Waals surface area contributed by atoms with Crippen molar-refractivity contribution in [3.8, 4) is 0 Å². The first-order valence-corrected chi connectivity index (χ1v) is 5.77. The Labute approximate surface area is 107 Å². The summed E-state index contributed by atoms with van der Waals surface area (Å²) in [5.74, 6) is 0.126. The molecule has 0 aliphatic carbocycles. The molecule has 18 heavy (non-hydrogen) atoms. The van der Waals surface area contributed by atoms with Crippen LogP contribution in [-0.2, 0) is 6.42 Å². The number of nitrogens with two attached hydrogens (primary N) is 1. The molecule has 2 amide bonds. The van der Waals surface area contributed by atoms with Crippen LogP contribution >= 0.6 is 0 Å². The van der Waals surface area contributed by atoms with Gasteiger partial charge in [0.1, 0.15) is 0 Å². The first kappa shape index (κ1) is 14.0. The molecule has 0 fully saturated rings. The number of carbonyl (C=O) groups excluding carboxylic acids is 1. The summed E-state index contributed by atoms with van der Waals surface area (Å²) in [5.41, 5.74) is 6.71.